The van der Waals surface area contributed by atoms with Crippen LogP contribution in [-0.4, -0.2) is 4.98 Å². The Labute approximate surface area is 109 Å². The van der Waals surface area contributed by atoms with Gasteiger partial charge in [-0.2, -0.15) is 0 Å². The van der Waals surface area contributed by atoms with E-state index in [9.17, 15) is 0 Å². The van der Waals surface area contributed by atoms with E-state index < -0.39 is 0 Å². The minimum atomic E-state index is 0.423. The molecule has 0 spiro atoms. The van der Waals surface area contributed by atoms with Crippen LogP contribution >= 0.6 is 23.2 Å². The van der Waals surface area contributed by atoms with Crippen LogP contribution in [-0.2, 0) is 0 Å². The Balaban J connectivity index is 2.25. The van der Waals surface area contributed by atoms with Crippen LogP contribution < -0.4 is 10.5 Å². The number of rotatable bonds is 2. The van der Waals surface area contributed by atoms with Crippen LogP contribution in [0.2, 0.25) is 10.0 Å². The van der Waals surface area contributed by atoms with E-state index in [1.165, 1.54) is 0 Å². The maximum Gasteiger partial charge on any atom is 0.221 e. The SMILES string of the molecule is Cc1cnc(Oc2ccc(Cl)c(Cl)c2)cc1N. The number of halogens is 2. The molecule has 1 aromatic heterocycles. The molecule has 2 N–H and O–H groups in total. The standard InChI is InChI=1S/C12H10Cl2N2O/c1-7-6-16-12(5-11(7)15)17-8-2-3-9(13)10(14)4-8/h2-6H,1H3,(H2,15,16). The number of anilines is 1. The molecule has 2 rings (SSSR count). The molecule has 0 fully saturated rings. The van der Waals surface area contributed by atoms with Gasteiger partial charge < -0.3 is 10.5 Å². The maximum absolute atomic E-state index is 5.88. The van der Waals surface area contributed by atoms with Crippen molar-refractivity contribution in [3.8, 4) is 11.6 Å². The van der Waals surface area contributed by atoms with Gasteiger partial charge in [-0.1, -0.05) is 23.2 Å². The lowest BCUT2D eigenvalue weighted by Crippen LogP contribution is -1.94. The highest BCUT2D eigenvalue weighted by Crippen LogP contribution is 2.29. The molecule has 0 aliphatic heterocycles. The van der Waals surface area contributed by atoms with Gasteiger partial charge in [-0.3, -0.25) is 0 Å². The van der Waals surface area contributed by atoms with Crippen molar-refractivity contribution in [2.75, 3.05) is 5.73 Å². The minimum absolute atomic E-state index is 0.423. The molecule has 0 saturated carbocycles. The molecule has 0 radical (unpaired) electrons. The molecule has 3 nitrogen and oxygen atoms in total. The lowest BCUT2D eigenvalue weighted by molar-refractivity contribution is 0.463. The molecule has 0 amide bonds. The Kier molecular flexibility index (Phi) is 3.41. The predicted octanol–water partition coefficient (Wildman–Crippen LogP) is 4.07. The van der Waals surface area contributed by atoms with E-state index in [2.05, 4.69) is 4.98 Å². The Hall–Kier alpha value is -1.45. The second-order valence-corrected chi connectivity index (χ2v) is 4.37. The molecule has 88 valence electrons. The third-order valence-corrected chi connectivity index (χ3v) is 2.97. The van der Waals surface area contributed by atoms with Crippen LogP contribution in [0.1, 0.15) is 5.56 Å². The third kappa shape index (κ3) is 2.81. The summed E-state index contributed by atoms with van der Waals surface area (Å²) in [6.07, 6.45) is 1.65. The molecule has 1 heterocycles. The number of benzene rings is 1. The second-order valence-electron chi connectivity index (χ2n) is 3.56. The molecular weight excluding hydrogens is 259 g/mol. The van der Waals surface area contributed by atoms with Crippen LogP contribution in [0.15, 0.2) is 30.5 Å². The van der Waals surface area contributed by atoms with Crippen molar-refractivity contribution in [2.24, 2.45) is 0 Å². The van der Waals surface area contributed by atoms with Gasteiger partial charge in [0.15, 0.2) is 0 Å². The summed E-state index contributed by atoms with van der Waals surface area (Å²) in [7, 11) is 0. The number of hydrogen-bond acceptors (Lipinski definition) is 3. The highest BCUT2D eigenvalue weighted by molar-refractivity contribution is 6.42. The van der Waals surface area contributed by atoms with E-state index in [0.29, 0.717) is 27.4 Å². The summed E-state index contributed by atoms with van der Waals surface area (Å²) < 4.78 is 5.52. The van der Waals surface area contributed by atoms with E-state index in [1.807, 2.05) is 6.92 Å². The monoisotopic (exact) mass is 268 g/mol. The van der Waals surface area contributed by atoms with Crippen molar-refractivity contribution < 1.29 is 4.74 Å². The van der Waals surface area contributed by atoms with E-state index in [-0.39, 0.29) is 0 Å². The topological polar surface area (TPSA) is 48.1 Å². The fourth-order valence-electron chi connectivity index (χ4n) is 1.24. The van der Waals surface area contributed by atoms with Crippen LogP contribution in [0.3, 0.4) is 0 Å². The molecule has 0 aliphatic rings. The van der Waals surface area contributed by atoms with Crippen molar-refractivity contribution in [3.05, 3.63) is 46.1 Å². The molecule has 5 heteroatoms. The molecule has 0 unspecified atom stereocenters. The van der Waals surface area contributed by atoms with Crippen molar-refractivity contribution in [1.82, 2.24) is 4.98 Å². The quantitative estimate of drug-likeness (QED) is 0.893. The average Bonchev–Trinajstić information content (AvgIpc) is 2.29. The fourth-order valence-corrected chi connectivity index (χ4v) is 1.52. The van der Waals surface area contributed by atoms with Crippen LogP contribution in [0.5, 0.6) is 11.6 Å². The molecule has 1 aromatic carbocycles. The van der Waals surface area contributed by atoms with Gasteiger partial charge in [0.25, 0.3) is 0 Å². The summed E-state index contributed by atoms with van der Waals surface area (Å²) in [5.74, 6) is 0.988. The van der Waals surface area contributed by atoms with E-state index in [4.69, 9.17) is 33.7 Å². The number of nitrogens with two attached hydrogens (primary N) is 1. The Morgan fingerprint density at radius 1 is 1.18 bits per heavy atom. The number of pyridine rings is 1. The summed E-state index contributed by atoms with van der Waals surface area (Å²) in [4.78, 5) is 4.11. The summed E-state index contributed by atoms with van der Waals surface area (Å²) in [5, 5.41) is 0.916. The molecule has 0 aliphatic carbocycles. The minimum Gasteiger partial charge on any atom is -0.439 e. The molecule has 0 bridgehead atoms. The summed E-state index contributed by atoms with van der Waals surface area (Å²) in [6, 6.07) is 6.67. The zero-order valence-electron chi connectivity index (χ0n) is 9.08. The van der Waals surface area contributed by atoms with Gasteiger partial charge in [0.05, 0.1) is 10.0 Å². The number of nitrogen functional groups attached to an aromatic ring is 1. The van der Waals surface area contributed by atoms with E-state index in [0.717, 1.165) is 5.56 Å². The van der Waals surface area contributed by atoms with Crippen molar-refractivity contribution in [3.63, 3.8) is 0 Å². The first-order valence-electron chi connectivity index (χ1n) is 4.91. The van der Waals surface area contributed by atoms with Gasteiger partial charge in [-0.25, -0.2) is 4.98 Å². The van der Waals surface area contributed by atoms with Gasteiger partial charge in [0, 0.05) is 24.0 Å². The third-order valence-electron chi connectivity index (χ3n) is 2.23. The Morgan fingerprint density at radius 2 is 1.94 bits per heavy atom. The lowest BCUT2D eigenvalue weighted by atomic mass is 10.3. The number of hydrogen-bond donors (Lipinski definition) is 1. The first-order valence-corrected chi connectivity index (χ1v) is 5.67. The summed E-state index contributed by atoms with van der Waals surface area (Å²) in [5.41, 5.74) is 7.30. The molecule has 2 aromatic rings. The van der Waals surface area contributed by atoms with Gasteiger partial charge in [0.2, 0.25) is 5.88 Å². The van der Waals surface area contributed by atoms with Crippen molar-refractivity contribution in [1.29, 1.82) is 0 Å². The zero-order valence-corrected chi connectivity index (χ0v) is 10.6. The van der Waals surface area contributed by atoms with Gasteiger partial charge in [-0.05, 0) is 24.6 Å². The zero-order chi connectivity index (χ0) is 12.4. The molecular formula is C12H10Cl2N2O. The molecule has 0 atom stereocenters. The number of aromatic nitrogens is 1. The maximum atomic E-state index is 5.88. The highest BCUT2D eigenvalue weighted by Gasteiger charge is 2.04. The smallest absolute Gasteiger partial charge is 0.221 e. The lowest BCUT2D eigenvalue weighted by Gasteiger charge is -2.07. The highest BCUT2D eigenvalue weighted by atomic mass is 35.5. The molecule has 0 saturated heterocycles. The van der Waals surface area contributed by atoms with Crippen molar-refractivity contribution >= 4 is 28.9 Å². The van der Waals surface area contributed by atoms with Crippen LogP contribution in [0.25, 0.3) is 0 Å². The normalized spacial score (nSPS) is 10.3. The Bertz CT molecular complexity index is 509. The number of aryl methyl sites for hydroxylation is 1. The molecule has 17 heavy (non-hydrogen) atoms. The second kappa shape index (κ2) is 4.82. The van der Waals surface area contributed by atoms with Gasteiger partial charge in [0.1, 0.15) is 5.75 Å². The Morgan fingerprint density at radius 3 is 2.59 bits per heavy atom. The van der Waals surface area contributed by atoms with E-state index >= 15 is 0 Å². The number of nitrogens with zero attached hydrogens (tertiary/aromatic N) is 1. The predicted molar refractivity (Wildman–Crippen MR) is 69.9 cm³/mol. The van der Waals surface area contributed by atoms with Crippen molar-refractivity contribution in [2.45, 2.75) is 6.92 Å². The van der Waals surface area contributed by atoms with E-state index in [1.54, 1.807) is 30.5 Å². The summed E-state index contributed by atoms with van der Waals surface area (Å²) >= 11 is 11.7. The van der Waals surface area contributed by atoms with Crippen LogP contribution in [0, 0.1) is 6.92 Å². The summed E-state index contributed by atoms with van der Waals surface area (Å²) in [6.45, 7) is 1.88. The largest absolute Gasteiger partial charge is 0.439 e. The van der Waals surface area contributed by atoms with Gasteiger partial charge >= 0.3 is 0 Å². The fraction of sp³-hybridized carbons (Fsp3) is 0.0833. The first kappa shape index (κ1) is 12.0. The number of ether oxygens (including phenoxy) is 1. The van der Waals surface area contributed by atoms with Gasteiger partial charge in [-0.15, -0.1) is 0 Å². The van der Waals surface area contributed by atoms with Crippen LogP contribution in [0.4, 0.5) is 5.69 Å². The first-order chi connectivity index (χ1) is 8.06. The average molecular weight is 269 g/mol.